The van der Waals surface area contributed by atoms with Gasteiger partial charge in [-0.15, -0.1) is 0 Å². The Balaban J connectivity index is 0.000000216. The number of carbonyl (C=O) groups excluding carboxylic acids is 3. The van der Waals surface area contributed by atoms with Gasteiger partial charge in [0.2, 0.25) is 0 Å². The number of hydrogen-bond acceptors (Lipinski definition) is 3. The van der Waals surface area contributed by atoms with Crippen LogP contribution in [0.25, 0.3) is 0 Å². The van der Waals surface area contributed by atoms with Gasteiger partial charge in [0.1, 0.15) is 5.78 Å². The first kappa shape index (κ1) is 21.4. The van der Waals surface area contributed by atoms with E-state index in [1.54, 1.807) is 42.5 Å². The second-order valence-corrected chi connectivity index (χ2v) is 7.68. The van der Waals surface area contributed by atoms with Crippen LogP contribution in [-0.2, 0) is 11.2 Å². The summed E-state index contributed by atoms with van der Waals surface area (Å²) in [5.41, 5.74) is 3.91. The Morgan fingerprint density at radius 1 is 0.767 bits per heavy atom. The van der Waals surface area contributed by atoms with Gasteiger partial charge in [-0.3, -0.25) is 14.4 Å². The molecule has 3 heteroatoms. The van der Waals surface area contributed by atoms with E-state index < -0.39 is 0 Å². The van der Waals surface area contributed by atoms with Gasteiger partial charge in [-0.2, -0.15) is 0 Å². The molecule has 1 unspecified atom stereocenters. The molecule has 0 amide bonds. The van der Waals surface area contributed by atoms with Gasteiger partial charge in [-0.25, -0.2) is 0 Å². The zero-order chi connectivity index (χ0) is 21.7. The number of rotatable bonds is 4. The minimum absolute atomic E-state index is 0.0277. The molecule has 1 aliphatic carbocycles. The molecule has 1 atom stereocenters. The summed E-state index contributed by atoms with van der Waals surface area (Å²) >= 11 is 0. The van der Waals surface area contributed by atoms with E-state index in [9.17, 15) is 14.4 Å². The van der Waals surface area contributed by atoms with Crippen molar-refractivity contribution in [1.29, 1.82) is 0 Å². The SMILES string of the molecule is CC(=O)Cc1ccc2c(c1)C(=O)c1ccccc1C2=O.CCC(C)c1ccccc1. The molecule has 3 nitrogen and oxygen atoms in total. The highest BCUT2D eigenvalue weighted by Gasteiger charge is 2.29. The lowest BCUT2D eigenvalue weighted by molar-refractivity contribution is -0.116. The number of carbonyl (C=O) groups is 3. The zero-order valence-electron chi connectivity index (χ0n) is 17.6. The Morgan fingerprint density at radius 3 is 1.87 bits per heavy atom. The average Bonchev–Trinajstić information content (AvgIpc) is 2.77. The van der Waals surface area contributed by atoms with E-state index in [-0.39, 0.29) is 23.8 Å². The Morgan fingerprint density at radius 2 is 1.30 bits per heavy atom. The minimum atomic E-state index is -0.152. The lowest BCUT2D eigenvalue weighted by Crippen LogP contribution is -2.21. The summed E-state index contributed by atoms with van der Waals surface area (Å²) in [5, 5.41) is 0. The van der Waals surface area contributed by atoms with Crippen LogP contribution in [0.2, 0.25) is 0 Å². The monoisotopic (exact) mass is 398 g/mol. The first-order valence-corrected chi connectivity index (χ1v) is 10.3. The molecule has 0 heterocycles. The minimum Gasteiger partial charge on any atom is -0.300 e. The molecule has 0 saturated heterocycles. The van der Waals surface area contributed by atoms with Gasteiger partial charge in [0.25, 0.3) is 0 Å². The molecule has 3 aromatic rings. The molecular weight excluding hydrogens is 372 g/mol. The molecule has 0 fully saturated rings. The van der Waals surface area contributed by atoms with Gasteiger partial charge in [-0.05, 0) is 36.5 Å². The highest BCUT2D eigenvalue weighted by atomic mass is 16.1. The lowest BCUT2D eigenvalue weighted by Gasteiger charge is -2.17. The van der Waals surface area contributed by atoms with Crippen LogP contribution in [0, 0.1) is 0 Å². The number of fused-ring (bicyclic) bond motifs is 2. The van der Waals surface area contributed by atoms with Crippen LogP contribution in [0.1, 0.15) is 76.1 Å². The van der Waals surface area contributed by atoms with Crippen LogP contribution >= 0.6 is 0 Å². The second kappa shape index (κ2) is 9.45. The summed E-state index contributed by atoms with van der Waals surface area (Å²) in [7, 11) is 0. The van der Waals surface area contributed by atoms with E-state index in [2.05, 4.69) is 44.2 Å². The van der Waals surface area contributed by atoms with Gasteiger partial charge in [-0.1, -0.05) is 80.6 Å². The Labute approximate surface area is 177 Å². The molecule has 0 N–H and O–H groups in total. The van der Waals surface area contributed by atoms with Gasteiger partial charge < -0.3 is 0 Å². The van der Waals surface area contributed by atoms with Crippen molar-refractivity contribution in [3.63, 3.8) is 0 Å². The summed E-state index contributed by atoms with van der Waals surface area (Å²) in [6, 6.07) is 22.5. The van der Waals surface area contributed by atoms with Crippen molar-refractivity contribution in [3.05, 3.63) is 106 Å². The zero-order valence-corrected chi connectivity index (χ0v) is 17.6. The van der Waals surface area contributed by atoms with E-state index in [0.717, 1.165) is 5.56 Å². The number of benzene rings is 3. The average molecular weight is 399 g/mol. The third kappa shape index (κ3) is 4.62. The fourth-order valence-electron chi connectivity index (χ4n) is 3.56. The van der Waals surface area contributed by atoms with Crippen molar-refractivity contribution in [2.75, 3.05) is 0 Å². The summed E-state index contributed by atoms with van der Waals surface area (Å²) in [6.07, 6.45) is 1.50. The van der Waals surface area contributed by atoms with Crippen molar-refractivity contribution in [2.24, 2.45) is 0 Å². The molecule has 1 aliphatic rings. The van der Waals surface area contributed by atoms with Crippen LogP contribution in [0.5, 0.6) is 0 Å². The second-order valence-electron chi connectivity index (χ2n) is 7.68. The van der Waals surface area contributed by atoms with Crippen molar-refractivity contribution < 1.29 is 14.4 Å². The summed E-state index contributed by atoms with van der Waals surface area (Å²) in [4.78, 5) is 36.0. The van der Waals surface area contributed by atoms with E-state index in [0.29, 0.717) is 28.2 Å². The number of hydrogen-bond donors (Lipinski definition) is 0. The van der Waals surface area contributed by atoms with E-state index in [1.165, 1.54) is 18.9 Å². The molecule has 0 saturated carbocycles. The van der Waals surface area contributed by atoms with E-state index in [1.807, 2.05) is 0 Å². The van der Waals surface area contributed by atoms with Gasteiger partial charge in [0, 0.05) is 28.7 Å². The van der Waals surface area contributed by atoms with Crippen molar-refractivity contribution in [1.82, 2.24) is 0 Å². The maximum atomic E-state index is 12.5. The summed E-state index contributed by atoms with van der Waals surface area (Å²) < 4.78 is 0. The molecule has 3 aromatic carbocycles. The number of ketones is 3. The molecule has 0 aromatic heterocycles. The fraction of sp³-hybridized carbons (Fsp3) is 0.222. The maximum Gasteiger partial charge on any atom is 0.194 e. The molecule has 0 radical (unpaired) electrons. The molecular formula is C27H26O3. The maximum absolute atomic E-state index is 12.5. The normalized spacial score (nSPS) is 12.9. The first-order chi connectivity index (χ1) is 14.4. The van der Waals surface area contributed by atoms with E-state index in [4.69, 9.17) is 0 Å². The molecule has 0 bridgehead atoms. The molecule has 0 aliphatic heterocycles. The van der Waals surface area contributed by atoms with Crippen molar-refractivity contribution in [3.8, 4) is 0 Å². The van der Waals surface area contributed by atoms with Crippen molar-refractivity contribution in [2.45, 2.75) is 39.5 Å². The predicted molar refractivity (Wildman–Crippen MR) is 119 cm³/mol. The molecule has 152 valence electrons. The summed E-state index contributed by atoms with van der Waals surface area (Å²) in [6.45, 7) is 5.98. The highest BCUT2D eigenvalue weighted by Crippen LogP contribution is 2.28. The molecule has 4 rings (SSSR count). The van der Waals surface area contributed by atoms with Crippen molar-refractivity contribution >= 4 is 17.3 Å². The smallest absolute Gasteiger partial charge is 0.194 e. The van der Waals surface area contributed by atoms with Crippen LogP contribution in [-0.4, -0.2) is 17.3 Å². The third-order valence-electron chi connectivity index (χ3n) is 5.42. The Bertz CT molecular complexity index is 1080. The Hall–Kier alpha value is -3.33. The fourth-order valence-corrected chi connectivity index (χ4v) is 3.56. The molecule has 30 heavy (non-hydrogen) atoms. The lowest BCUT2D eigenvalue weighted by atomic mass is 9.83. The van der Waals surface area contributed by atoms with Crippen LogP contribution < -0.4 is 0 Å². The largest absolute Gasteiger partial charge is 0.300 e. The summed E-state index contributed by atoms with van der Waals surface area (Å²) in [5.74, 6) is 0.450. The highest BCUT2D eigenvalue weighted by molar-refractivity contribution is 6.28. The van der Waals surface area contributed by atoms with Gasteiger partial charge in [0.15, 0.2) is 11.6 Å². The van der Waals surface area contributed by atoms with Crippen LogP contribution in [0.4, 0.5) is 0 Å². The van der Waals surface area contributed by atoms with Gasteiger partial charge >= 0.3 is 0 Å². The number of Topliss-reactive ketones (excluding diaryl/α,β-unsaturated/α-hetero) is 1. The van der Waals surface area contributed by atoms with E-state index >= 15 is 0 Å². The topological polar surface area (TPSA) is 51.2 Å². The quantitative estimate of drug-likeness (QED) is 0.437. The first-order valence-electron chi connectivity index (χ1n) is 10.3. The predicted octanol–water partition coefficient (Wildman–Crippen LogP) is 5.79. The molecule has 0 spiro atoms. The Kier molecular flexibility index (Phi) is 6.73. The standard InChI is InChI=1S/C17H12O3.C10H14/c1-10(18)8-11-6-7-14-15(9-11)17(20)13-5-3-2-4-12(13)16(14)19;1-3-9(2)10-7-5-4-6-8-10/h2-7,9H,8H2,1H3;4-9H,3H2,1-2H3. The van der Waals surface area contributed by atoms with Gasteiger partial charge in [0.05, 0.1) is 0 Å². The van der Waals surface area contributed by atoms with Crippen LogP contribution in [0.3, 0.4) is 0 Å². The third-order valence-corrected chi connectivity index (χ3v) is 5.42. The van der Waals surface area contributed by atoms with Crippen LogP contribution in [0.15, 0.2) is 72.8 Å².